The van der Waals surface area contributed by atoms with Crippen LogP contribution in [0.1, 0.15) is 18.4 Å². The Kier molecular flexibility index (Phi) is 6.50. The number of benzene rings is 2. The largest absolute Gasteiger partial charge is 0.497 e. The second-order valence-electron chi connectivity index (χ2n) is 6.63. The monoisotopic (exact) mass is 417 g/mol. The molecule has 2 N–H and O–H groups in total. The first kappa shape index (κ1) is 20.8. The average Bonchev–Trinajstić information content (AvgIpc) is 2.77. The molecule has 1 unspecified atom stereocenters. The van der Waals surface area contributed by atoms with Crippen LogP contribution in [0.5, 0.6) is 5.75 Å². The van der Waals surface area contributed by atoms with E-state index in [0.29, 0.717) is 6.42 Å². The lowest BCUT2D eigenvalue weighted by atomic mass is 10.0. The highest BCUT2D eigenvalue weighted by Gasteiger charge is 2.34. The Hall–Kier alpha value is -2.91. The predicted molar refractivity (Wildman–Crippen MR) is 109 cm³/mol. The summed E-state index contributed by atoms with van der Waals surface area (Å²) in [6.07, 6.45) is 2.48. The number of nitrogens with zero attached hydrogens (tertiary/aromatic N) is 2. The minimum absolute atomic E-state index is 0.193. The SMILES string of the molecule is COc1ccc(-c2ccc(CCS(=O)(=O)N3N=CCCC3C(=O)NO)cc2)cc1. The van der Waals surface area contributed by atoms with E-state index < -0.39 is 22.0 Å². The molecular weight excluding hydrogens is 394 g/mol. The van der Waals surface area contributed by atoms with Crippen molar-refractivity contribution in [2.75, 3.05) is 12.9 Å². The van der Waals surface area contributed by atoms with Gasteiger partial charge in [0.1, 0.15) is 11.8 Å². The lowest BCUT2D eigenvalue weighted by Crippen LogP contribution is -2.48. The number of hydroxylamine groups is 1. The maximum absolute atomic E-state index is 12.7. The molecule has 1 aliphatic heterocycles. The molecule has 0 aromatic heterocycles. The van der Waals surface area contributed by atoms with Crippen molar-refractivity contribution >= 4 is 22.1 Å². The highest BCUT2D eigenvalue weighted by atomic mass is 32.2. The van der Waals surface area contributed by atoms with Crippen molar-refractivity contribution in [2.45, 2.75) is 25.3 Å². The number of sulfonamides is 1. The Morgan fingerprint density at radius 1 is 1.17 bits per heavy atom. The smallest absolute Gasteiger partial charge is 0.269 e. The molecule has 2 aromatic carbocycles. The number of amides is 1. The fraction of sp³-hybridized carbons (Fsp3) is 0.300. The lowest BCUT2D eigenvalue weighted by Gasteiger charge is -2.29. The molecule has 1 aliphatic rings. The summed E-state index contributed by atoms with van der Waals surface area (Å²) >= 11 is 0. The zero-order valence-electron chi connectivity index (χ0n) is 16.0. The number of nitrogens with one attached hydrogen (secondary N) is 1. The Labute approximate surface area is 169 Å². The summed E-state index contributed by atoms with van der Waals surface area (Å²) in [5, 5.41) is 12.7. The van der Waals surface area contributed by atoms with Gasteiger partial charge >= 0.3 is 0 Å². The van der Waals surface area contributed by atoms with E-state index in [2.05, 4.69) is 5.10 Å². The van der Waals surface area contributed by atoms with Gasteiger partial charge in [-0.25, -0.2) is 13.9 Å². The summed E-state index contributed by atoms with van der Waals surface area (Å²) in [5.41, 5.74) is 4.42. The number of aryl methyl sites for hydroxylation is 1. The topological polar surface area (TPSA) is 108 Å². The molecule has 1 heterocycles. The van der Waals surface area contributed by atoms with E-state index in [1.165, 1.54) is 11.7 Å². The minimum atomic E-state index is -3.81. The molecule has 1 atom stereocenters. The first-order valence-corrected chi connectivity index (χ1v) is 10.8. The van der Waals surface area contributed by atoms with Crippen LogP contribution in [0, 0.1) is 0 Å². The van der Waals surface area contributed by atoms with E-state index in [9.17, 15) is 13.2 Å². The average molecular weight is 417 g/mol. The Bertz CT molecular complexity index is 972. The summed E-state index contributed by atoms with van der Waals surface area (Å²) in [4.78, 5) is 11.8. The van der Waals surface area contributed by atoms with Crippen LogP contribution < -0.4 is 10.2 Å². The molecule has 0 bridgehead atoms. The second-order valence-corrected chi connectivity index (χ2v) is 8.58. The van der Waals surface area contributed by atoms with Crippen molar-refractivity contribution < 1.29 is 23.2 Å². The van der Waals surface area contributed by atoms with Crippen LogP contribution in [-0.4, -0.2) is 49.1 Å². The zero-order chi connectivity index (χ0) is 20.9. The predicted octanol–water partition coefficient (Wildman–Crippen LogP) is 2.19. The first-order chi connectivity index (χ1) is 13.9. The van der Waals surface area contributed by atoms with Gasteiger partial charge in [0.15, 0.2) is 0 Å². The van der Waals surface area contributed by atoms with Gasteiger partial charge in [-0.2, -0.15) is 9.52 Å². The molecule has 29 heavy (non-hydrogen) atoms. The van der Waals surface area contributed by atoms with E-state index in [1.807, 2.05) is 48.5 Å². The van der Waals surface area contributed by atoms with Crippen molar-refractivity contribution in [3.05, 3.63) is 54.1 Å². The van der Waals surface area contributed by atoms with Crippen LogP contribution in [0.3, 0.4) is 0 Å². The van der Waals surface area contributed by atoms with Crippen molar-refractivity contribution in [1.29, 1.82) is 0 Å². The molecule has 0 spiro atoms. The molecule has 0 radical (unpaired) electrons. The minimum Gasteiger partial charge on any atom is -0.497 e. The van der Waals surface area contributed by atoms with Crippen LogP contribution in [0.25, 0.3) is 11.1 Å². The summed E-state index contributed by atoms with van der Waals surface area (Å²) in [5.74, 6) is -0.195. The van der Waals surface area contributed by atoms with Crippen molar-refractivity contribution in [3.63, 3.8) is 0 Å². The van der Waals surface area contributed by atoms with Gasteiger partial charge in [0.2, 0.25) is 0 Å². The zero-order valence-corrected chi connectivity index (χ0v) is 16.8. The summed E-state index contributed by atoms with van der Waals surface area (Å²) in [6.45, 7) is 0. The lowest BCUT2D eigenvalue weighted by molar-refractivity contribution is -0.133. The molecule has 154 valence electrons. The van der Waals surface area contributed by atoms with E-state index in [0.717, 1.165) is 26.9 Å². The summed E-state index contributed by atoms with van der Waals surface area (Å²) in [6, 6.07) is 14.3. The maximum atomic E-state index is 12.7. The van der Waals surface area contributed by atoms with Gasteiger partial charge in [0, 0.05) is 6.21 Å². The molecule has 9 heteroatoms. The number of carbonyl (C=O) groups excluding carboxylic acids is 1. The number of carbonyl (C=O) groups is 1. The summed E-state index contributed by atoms with van der Waals surface area (Å²) in [7, 11) is -2.19. The summed E-state index contributed by atoms with van der Waals surface area (Å²) < 4.78 is 31.3. The standard InChI is InChI=1S/C20H23N3O5S/c1-28-18-10-8-17(9-11-18)16-6-4-15(5-7-16)12-14-29(26,27)23-19(20(24)22-25)3-2-13-21-23/h4-11,13,19,25H,2-3,12,14H2,1H3,(H,22,24). The maximum Gasteiger partial charge on any atom is 0.269 e. The van der Waals surface area contributed by atoms with E-state index in [-0.39, 0.29) is 18.6 Å². The van der Waals surface area contributed by atoms with Crippen LogP contribution in [0.4, 0.5) is 0 Å². The van der Waals surface area contributed by atoms with Gasteiger partial charge < -0.3 is 4.74 Å². The molecule has 3 rings (SSSR count). The molecule has 0 saturated heterocycles. The van der Waals surface area contributed by atoms with Crippen LogP contribution in [-0.2, 0) is 21.2 Å². The van der Waals surface area contributed by atoms with Gasteiger partial charge in [-0.1, -0.05) is 36.4 Å². The Morgan fingerprint density at radius 3 is 2.38 bits per heavy atom. The van der Waals surface area contributed by atoms with Gasteiger partial charge in [-0.05, 0) is 48.1 Å². The number of hydrazone groups is 1. The van der Waals surface area contributed by atoms with Gasteiger partial charge in [0.05, 0.1) is 12.9 Å². The van der Waals surface area contributed by atoms with Gasteiger partial charge in [-0.3, -0.25) is 10.0 Å². The number of methoxy groups -OCH3 is 1. The molecule has 2 aromatic rings. The third kappa shape index (κ3) is 4.93. The van der Waals surface area contributed by atoms with Crippen molar-refractivity contribution in [2.24, 2.45) is 5.10 Å². The van der Waals surface area contributed by atoms with E-state index in [4.69, 9.17) is 9.94 Å². The highest BCUT2D eigenvalue weighted by molar-refractivity contribution is 7.89. The number of ether oxygens (including phenoxy) is 1. The van der Waals surface area contributed by atoms with E-state index >= 15 is 0 Å². The quantitative estimate of drug-likeness (QED) is 0.530. The molecular formula is C20H23N3O5S. The van der Waals surface area contributed by atoms with Crippen LogP contribution in [0.15, 0.2) is 53.6 Å². The first-order valence-electron chi connectivity index (χ1n) is 9.16. The second kappa shape index (κ2) is 9.06. The fourth-order valence-corrected chi connectivity index (χ4v) is 4.60. The number of hydrogen-bond donors (Lipinski definition) is 2. The Morgan fingerprint density at radius 2 is 1.79 bits per heavy atom. The Balaban J connectivity index is 1.67. The van der Waals surface area contributed by atoms with Crippen LogP contribution in [0.2, 0.25) is 0 Å². The number of hydrogen-bond acceptors (Lipinski definition) is 6. The number of rotatable bonds is 7. The fourth-order valence-electron chi connectivity index (χ4n) is 3.12. The molecule has 8 nitrogen and oxygen atoms in total. The van der Waals surface area contributed by atoms with Crippen molar-refractivity contribution in [1.82, 2.24) is 9.89 Å². The normalized spacial score (nSPS) is 16.5. The molecule has 0 aliphatic carbocycles. The molecule has 0 fully saturated rings. The van der Waals surface area contributed by atoms with Gasteiger partial charge in [-0.15, -0.1) is 0 Å². The molecule has 1 amide bonds. The van der Waals surface area contributed by atoms with Gasteiger partial charge in [0.25, 0.3) is 15.9 Å². The highest BCUT2D eigenvalue weighted by Crippen LogP contribution is 2.23. The van der Waals surface area contributed by atoms with E-state index in [1.54, 1.807) is 7.11 Å². The van der Waals surface area contributed by atoms with Crippen molar-refractivity contribution in [3.8, 4) is 16.9 Å². The molecule has 0 saturated carbocycles. The third-order valence-electron chi connectivity index (χ3n) is 4.76. The third-order valence-corrected chi connectivity index (χ3v) is 6.39. The van der Waals surface area contributed by atoms with Crippen LogP contribution >= 0.6 is 0 Å².